The number of carbonyl (C=O) groups excluding carboxylic acids is 2. The first kappa shape index (κ1) is 14.4. The highest BCUT2D eigenvalue weighted by Gasteiger charge is 2.20. The molecule has 1 aromatic heterocycles. The van der Waals surface area contributed by atoms with Crippen LogP contribution in [0.5, 0.6) is 0 Å². The predicted octanol–water partition coefficient (Wildman–Crippen LogP) is 1.08. The molecule has 2 amide bonds. The molecular weight excluding hydrogens is 261 g/mol. The van der Waals surface area contributed by atoms with E-state index in [4.69, 9.17) is 11.6 Å². The van der Waals surface area contributed by atoms with Crippen LogP contribution in [-0.4, -0.2) is 41.8 Å². The predicted molar refractivity (Wildman–Crippen MR) is 64.8 cm³/mol. The molecular formula is C11H13ClFN3O2. The van der Waals surface area contributed by atoms with E-state index in [1.165, 1.54) is 11.9 Å². The van der Waals surface area contributed by atoms with Gasteiger partial charge < -0.3 is 10.2 Å². The fourth-order valence-corrected chi connectivity index (χ4v) is 1.51. The molecule has 1 N–H and O–H groups in total. The summed E-state index contributed by atoms with van der Waals surface area (Å²) in [6.07, 6.45) is 0.925. The molecule has 0 unspecified atom stereocenters. The second-order valence-corrected chi connectivity index (χ2v) is 3.84. The average Bonchev–Trinajstić information content (AvgIpc) is 2.37. The minimum atomic E-state index is -0.654. The Hall–Kier alpha value is -1.69. The van der Waals surface area contributed by atoms with Gasteiger partial charge in [-0.05, 0) is 13.0 Å². The van der Waals surface area contributed by atoms with Crippen molar-refractivity contribution in [2.75, 3.05) is 20.1 Å². The van der Waals surface area contributed by atoms with Crippen LogP contribution in [0.25, 0.3) is 0 Å². The fraction of sp³-hybridized carbons (Fsp3) is 0.364. The third-order valence-electron chi connectivity index (χ3n) is 2.32. The van der Waals surface area contributed by atoms with Gasteiger partial charge in [0.2, 0.25) is 5.91 Å². The number of likely N-dealkylation sites (N-methyl/N-ethyl adjacent to an activating group) is 2. The number of hydrogen-bond donors (Lipinski definition) is 1. The molecule has 0 aliphatic heterocycles. The van der Waals surface area contributed by atoms with E-state index in [1.54, 1.807) is 6.92 Å². The highest BCUT2D eigenvalue weighted by atomic mass is 35.5. The SMILES string of the molecule is CCN(CC(=O)NC)C(=O)c1cc(F)cnc1Cl. The first-order valence-corrected chi connectivity index (χ1v) is 5.68. The van der Waals surface area contributed by atoms with Crippen LogP contribution in [0.2, 0.25) is 5.15 Å². The number of halogens is 2. The van der Waals surface area contributed by atoms with Crippen LogP contribution < -0.4 is 5.32 Å². The van der Waals surface area contributed by atoms with Crippen LogP contribution in [0.1, 0.15) is 17.3 Å². The van der Waals surface area contributed by atoms with E-state index in [0.717, 1.165) is 12.3 Å². The molecule has 0 fully saturated rings. The molecule has 1 heterocycles. The molecule has 0 radical (unpaired) electrons. The van der Waals surface area contributed by atoms with Crippen LogP contribution >= 0.6 is 11.6 Å². The summed E-state index contributed by atoms with van der Waals surface area (Å²) >= 11 is 5.74. The summed E-state index contributed by atoms with van der Waals surface area (Å²) in [5, 5.41) is 2.32. The topological polar surface area (TPSA) is 62.3 Å². The summed E-state index contributed by atoms with van der Waals surface area (Å²) in [4.78, 5) is 28.1. The van der Waals surface area contributed by atoms with E-state index < -0.39 is 11.7 Å². The summed E-state index contributed by atoms with van der Waals surface area (Å²) in [5.74, 6) is -1.50. The van der Waals surface area contributed by atoms with Gasteiger partial charge in [0.05, 0.1) is 18.3 Å². The van der Waals surface area contributed by atoms with Gasteiger partial charge in [0.25, 0.3) is 5.91 Å². The molecule has 0 atom stereocenters. The summed E-state index contributed by atoms with van der Waals surface area (Å²) < 4.78 is 13.0. The van der Waals surface area contributed by atoms with Gasteiger partial charge in [0, 0.05) is 13.6 Å². The molecule has 0 saturated carbocycles. The largest absolute Gasteiger partial charge is 0.358 e. The molecule has 18 heavy (non-hydrogen) atoms. The maximum Gasteiger partial charge on any atom is 0.257 e. The van der Waals surface area contributed by atoms with Crippen molar-refractivity contribution in [3.05, 3.63) is 28.8 Å². The maximum absolute atomic E-state index is 13.0. The van der Waals surface area contributed by atoms with Gasteiger partial charge in [-0.15, -0.1) is 0 Å². The van der Waals surface area contributed by atoms with Crippen LogP contribution in [0, 0.1) is 5.82 Å². The van der Waals surface area contributed by atoms with E-state index in [9.17, 15) is 14.0 Å². The number of rotatable bonds is 4. The zero-order valence-electron chi connectivity index (χ0n) is 10.0. The Morgan fingerprint density at radius 1 is 1.56 bits per heavy atom. The van der Waals surface area contributed by atoms with E-state index in [-0.39, 0.29) is 23.2 Å². The second kappa shape index (κ2) is 6.30. The van der Waals surface area contributed by atoms with Crippen molar-refractivity contribution in [1.82, 2.24) is 15.2 Å². The maximum atomic E-state index is 13.0. The molecule has 0 aromatic carbocycles. The zero-order chi connectivity index (χ0) is 13.7. The molecule has 1 aromatic rings. The van der Waals surface area contributed by atoms with E-state index in [0.29, 0.717) is 6.54 Å². The first-order valence-electron chi connectivity index (χ1n) is 5.30. The normalized spacial score (nSPS) is 10.0. The molecule has 98 valence electrons. The lowest BCUT2D eigenvalue weighted by atomic mass is 10.2. The third-order valence-corrected chi connectivity index (χ3v) is 2.62. The molecule has 0 aliphatic rings. The van der Waals surface area contributed by atoms with Crippen LogP contribution in [0.4, 0.5) is 4.39 Å². The van der Waals surface area contributed by atoms with Gasteiger partial charge in [-0.2, -0.15) is 0 Å². The Balaban J connectivity index is 2.96. The van der Waals surface area contributed by atoms with Crippen LogP contribution in [-0.2, 0) is 4.79 Å². The van der Waals surface area contributed by atoms with Crippen molar-refractivity contribution in [3.8, 4) is 0 Å². The lowest BCUT2D eigenvalue weighted by Gasteiger charge is -2.20. The van der Waals surface area contributed by atoms with Crippen molar-refractivity contribution < 1.29 is 14.0 Å². The summed E-state index contributed by atoms with van der Waals surface area (Å²) in [6.45, 7) is 1.90. The van der Waals surface area contributed by atoms with E-state index in [2.05, 4.69) is 10.3 Å². The summed E-state index contributed by atoms with van der Waals surface area (Å²) in [6, 6.07) is 1.00. The molecule has 7 heteroatoms. The monoisotopic (exact) mass is 273 g/mol. The van der Waals surface area contributed by atoms with Gasteiger partial charge in [-0.1, -0.05) is 11.6 Å². The number of nitrogens with one attached hydrogen (secondary N) is 1. The Morgan fingerprint density at radius 3 is 2.78 bits per heavy atom. The Kier molecular flexibility index (Phi) is 5.03. The first-order chi connectivity index (χ1) is 8.49. The Labute approximate surface area is 109 Å². The molecule has 0 bridgehead atoms. The number of carbonyl (C=O) groups is 2. The Bertz CT molecular complexity index is 468. The quantitative estimate of drug-likeness (QED) is 0.835. The number of nitrogens with zero attached hydrogens (tertiary/aromatic N) is 2. The second-order valence-electron chi connectivity index (χ2n) is 3.48. The summed E-state index contributed by atoms with van der Waals surface area (Å²) in [5.41, 5.74) is -0.0533. The lowest BCUT2D eigenvalue weighted by Crippen LogP contribution is -2.39. The van der Waals surface area contributed by atoms with Crippen LogP contribution in [0.15, 0.2) is 12.3 Å². The Morgan fingerprint density at radius 2 is 2.22 bits per heavy atom. The zero-order valence-corrected chi connectivity index (χ0v) is 10.8. The van der Waals surface area contributed by atoms with Gasteiger partial charge in [-0.3, -0.25) is 9.59 Å². The van der Waals surface area contributed by atoms with E-state index in [1.807, 2.05) is 0 Å². The van der Waals surface area contributed by atoms with Crippen molar-refractivity contribution >= 4 is 23.4 Å². The van der Waals surface area contributed by atoms with Gasteiger partial charge >= 0.3 is 0 Å². The highest BCUT2D eigenvalue weighted by molar-refractivity contribution is 6.32. The fourth-order valence-electron chi connectivity index (χ4n) is 1.32. The molecule has 5 nitrogen and oxygen atoms in total. The number of amides is 2. The third kappa shape index (κ3) is 3.40. The summed E-state index contributed by atoms with van der Waals surface area (Å²) in [7, 11) is 1.47. The van der Waals surface area contributed by atoms with Crippen molar-refractivity contribution in [3.63, 3.8) is 0 Å². The van der Waals surface area contributed by atoms with Gasteiger partial charge in [-0.25, -0.2) is 9.37 Å². The smallest absolute Gasteiger partial charge is 0.257 e. The lowest BCUT2D eigenvalue weighted by molar-refractivity contribution is -0.121. The molecule has 0 spiro atoms. The van der Waals surface area contributed by atoms with Crippen molar-refractivity contribution in [2.45, 2.75) is 6.92 Å². The van der Waals surface area contributed by atoms with E-state index >= 15 is 0 Å². The number of aromatic nitrogens is 1. The van der Waals surface area contributed by atoms with Crippen LogP contribution in [0.3, 0.4) is 0 Å². The minimum Gasteiger partial charge on any atom is -0.358 e. The number of hydrogen-bond acceptors (Lipinski definition) is 3. The molecule has 0 saturated heterocycles. The highest BCUT2D eigenvalue weighted by Crippen LogP contribution is 2.16. The standard InChI is InChI=1S/C11H13ClFN3O2/c1-3-16(6-9(17)14-2)11(18)8-4-7(13)5-15-10(8)12/h4-5H,3,6H2,1-2H3,(H,14,17). The van der Waals surface area contributed by atoms with Gasteiger partial charge in [0.1, 0.15) is 11.0 Å². The average molecular weight is 274 g/mol. The minimum absolute atomic E-state index is 0.0533. The number of pyridine rings is 1. The van der Waals surface area contributed by atoms with Gasteiger partial charge in [0.15, 0.2) is 0 Å². The molecule has 0 aliphatic carbocycles. The van der Waals surface area contributed by atoms with Crippen molar-refractivity contribution in [2.24, 2.45) is 0 Å². The van der Waals surface area contributed by atoms with Crippen molar-refractivity contribution in [1.29, 1.82) is 0 Å². The molecule has 1 rings (SSSR count).